The van der Waals surface area contributed by atoms with E-state index in [-0.39, 0.29) is 5.78 Å². The van der Waals surface area contributed by atoms with Gasteiger partial charge in [-0.15, -0.1) is 0 Å². The Kier molecular flexibility index (Phi) is 4.41. The number of carbonyl (C=O) groups excluding carboxylic acids is 2. The molecule has 0 aromatic heterocycles. The van der Waals surface area contributed by atoms with E-state index in [1.165, 1.54) is 12.8 Å². The average molecular weight is 255 g/mol. The van der Waals surface area contributed by atoms with Crippen molar-refractivity contribution in [3.63, 3.8) is 0 Å². The van der Waals surface area contributed by atoms with Gasteiger partial charge in [0.15, 0.2) is 0 Å². The first-order chi connectivity index (χ1) is 8.10. The predicted octanol–water partition coefficient (Wildman–Crippen LogP) is 2.91. The van der Waals surface area contributed by atoms with Crippen LogP contribution in [0.4, 0.5) is 4.79 Å². The molecule has 1 N–H and O–H groups in total. The zero-order valence-corrected chi connectivity index (χ0v) is 12.1. The second-order valence-electron chi connectivity index (χ2n) is 6.81. The highest BCUT2D eigenvalue weighted by molar-refractivity contribution is 5.85. The minimum Gasteiger partial charge on any atom is -0.444 e. The first-order valence-electron chi connectivity index (χ1n) is 6.60. The zero-order chi connectivity index (χ0) is 14.0. The second-order valence-corrected chi connectivity index (χ2v) is 6.81. The summed E-state index contributed by atoms with van der Waals surface area (Å²) in [6.07, 6.45) is 2.51. The molecule has 18 heavy (non-hydrogen) atoms. The summed E-state index contributed by atoms with van der Waals surface area (Å²) in [5, 5.41) is 2.67. The Labute approximate surface area is 109 Å². The highest BCUT2D eigenvalue weighted by atomic mass is 16.6. The van der Waals surface area contributed by atoms with Gasteiger partial charge in [0.25, 0.3) is 0 Å². The van der Waals surface area contributed by atoms with Crippen molar-refractivity contribution >= 4 is 11.9 Å². The van der Waals surface area contributed by atoms with E-state index in [0.29, 0.717) is 18.9 Å². The van der Waals surface area contributed by atoms with Gasteiger partial charge < -0.3 is 10.1 Å². The summed E-state index contributed by atoms with van der Waals surface area (Å²) in [6.45, 7) is 9.51. The molecule has 0 aromatic rings. The van der Waals surface area contributed by atoms with Crippen LogP contribution >= 0.6 is 0 Å². The van der Waals surface area contributed by atoms with E-state index < -0.39 is 17.1 Å². The predicted molar refractivity (Wildman–Crippen MR) is 70.4 cm³/mol. The first kappa shape index (κ1) is 15.0. The summed E-state index contributed by atoms with van der Waals surface area (Å²) < 4.78 is 5.14. The summed E-state index contributed by atoms with van der Waals surface area (Å²) in [4.78, 5) is 23.5. The quantitative estimate of drug-likeness (QED) is 0.821. The fourth-order valence-corrected chi connectivity index (χ4v) is 1.57. The third-order valence-electron chi connectivity index (χ3n) is 3.00. The third kappa shape index (κ3) is 5.52. The van der Waals surface area contributed by atoms with Crippen LogP contribution in [0.3, 0.4) is 0 Å². The van der Waals surface area contributed by atoms with Crippen molar-refractivity contribution in [2.75, 3.05) is 6.54 Å². The molecule has 0 bridgehead atoms. The van der Waals surface area contributed by atoms with Gasteiger partial charge in [-0.25, -0.2) is 4.79 Å². The van der Waals surface area contributed by atoms with Gasteiger partial charge in [-0.3, -0.25) is 4.79 Å². The van der Waals surface area contributed by atoms with E-state index in [1.54, 1.807) is 0 Å². The van der Waals surface area contributed by atoms with Gasteiger partial charge in [-0.1, -0.05) is 13.8 Å². The Morgan fingerprint density at radius 1 is 1.17 bits per heavy atom. The zero-order valence-electron chi connectivity index (χ0n) is 12.1. The number of hydrogen-bond acceptors (Lipinski definition) is 3. The van der Waals surface area contributed by atoms with Gasteiger partial charge in [0, 0.05) is 18.4 Å². The highest BCUT2D eigenvalue weighted by Gasteiger charge is 2.33. The molecule has 0 atom stereocenters. The van der Waals surface area contributed by atoms with Crippen LogP contribution in [0, 0.1) is 11.3 Å². The minimum absolute atomic E-state index is 0.223. The van der Waals surface area contributed by atoms with Crippen molar-refractivity contribution in [2.24, 2.45) is 11.3 Å². The third-order valence-corrected chi connectivity index (χ3v) is 3.00. The van der Waals surface area contributed by atoms with Crippen LogP contribution < -0.4 is 5.32 Å². The van der Waals surface area contributed by atoms with Crippen molar-refractivity contribution in [3.8, 4) is 0 Å². The number of rotatable bonds is 5. The van der Waals surface area contributed by atoms with E-state index in [4.69, 9.17) is 4.74 Å². The lowest BCUT2D eigenvalue weighted by Crippen LogP contribution is -2.41. The Bertz CT molecular complexity index is 324. The van der Waals surface area contributed by atoms with Crippen LogP contribution in [0.2, 0.25) is 0 Å². The minimum atomic E-state index is -0.514. The van der Waals surface area contributed by atoms with Crippen LogP contribution in [0.5, 0.6) is 0 Å². The topological polar surface area (TPSA) is 55.4 Å². The van der Waals surface area contributed by atoms with Crippen LogP contribution in [-0.4, -0.2) is 24.0 Å². The molecule has 0 saturated heterocycles. The molecule has 1 saturated carbocycles. The smallest absolute Gasteiger partial charge is 0.407 e. The van der Waals surface area contributed by atoms with E-state index in [0.717, 1.165) is 0 Å². The maximum Gasteiger partial charge on any atom is 0.407 e. The van der Waals surface area contributed by atoms with Crippen molar-refractivity contribution in [1.29, 1.82) is 0 Å². The number of hydrogen-bond donors (Lipinski definition) is 1. The maximum absolute atomic E-state index is 12.0. The monoisotopic (exact) mass is 255 g/mol. The SMILES string of the molecule is CC(C)(C)OC(=O)NCC(C)(C)C(=O)CC1CC1. The lowest BCUT2D eigenvalue weighted by molar-refractivity contribution is -0.127. The molecule has 1 aliphatic rings. The molecule has 4 heteroatoms. The molecule has 1 fully saturated rings. The lowest BCUT2D eigenvalue weighted by atomic mass is 9.85. The molecule has 0 aliphatic heterocycles. The molecule has 1 amide bonds. The van der Waals surface area contributed by atoms with E-state index >= 15 is 0 Å². The van der Waals surface area contributed by atoms with Crippen molar-refractivity contribution in [3.05, 3.63) is 0 Å². The molecule has 0 heterocycles. The summed E-state index contributed by atoms with van der Waals surface area (Å²) in [6, 6.07) is 0. The number of carbonyl (C=O) groups is 2. The van der Waals surface area contributed by atoms with Gasteiger partial charge in [-0.05, 0) is 39.5 Å². The molecule has 0 aromatic carbocycles. The van der Waals surface area contributed by atoms with Crippen LogP contribution in [0.1, 0.15) is 53.9 Å². The molecule has 0 radical (unpaired) electrons. The summed E-state index contributed by atoms with van der Waals surface area (Å²) in [5.74, 6) is 0.805. The molecular formula is C14H25NO3. The number of ether oxygens (including phenoxy) is 1. The maximum atomic E-state index is 12.0. The first-order valence-corrected chi connectivity index (χ1v) is 6.60. The molecule has 0 unspecified atom stereocenters. The Balaban J connectivity index is 2.35. The number of nitrogens with one attached hydrogen (secondary N) is 1. The van der Waals surface area contributed by atoms with Gasteiger partial charge >= 0.3 is 6.09 Å². The molecule has 1 aliphatic carbocycles. The Morgan fingerprint density at radius 3 is 2.17 bits per heavy atom. The molecule has 1 rings (SSSR count). The fourth-order valence-electron chi connectivity index (χ4n) is 1.57. The van der Waals surface area contributed by atoms with Crippen molar-refractivity contribution < 1.29 is 14.3 Å². The molecule has 4 nitrogen and oxygen atoms in total. The Hall–Kier alpha value is -1.06. The normalized spacial score (nSPS) is 16.3. The average Bonchev–Trinajstić information content (AvgIpc) is 2.96. The number of alkyl carbamates (subject to hydrolysis) is 1. The van der Waals surface area contributed by atoms with Gasteiger partial charge in [-0.2, -0.15) is 0 Å². The fraction of sp³-hybridized carbons (Fsp3) is 0.857. The second kappa shape index (κ2) is 5.29. The standard InChI is InChI=1S/C14H25NO3/c1-13(2,3)18-12(17)15-9-14(4,5)11(16)8-10-6-7-10/h10H,6-9H2,1-5H3,(H,15,17). The van der Waals surface area contributed by atoms with Crippen LogP contribution in [0.15, 0.2) is 0 Å². The van der Waals surface area contributed by atoms with Gasteiger partial charge in [0.05, 0.1) is 0 Å². The number of amides is 1. The number of Topliss-reactive ketones (excluding diaryl/α,β-unsaturated/α-hetero) is 1. The lowest BCUT2D eigenvalue weighted by Gasteiger charge is -2.25. The van der Waals surface area contributed by atoms with Crippen LogP contribution in [-0.2, 0) is 9.53 Å². The van der Waals surface area contributed by atoms with Crippen molar-refractivity contribution in [1.82, 2.24) is 5.32 Å². The summed E-state index contributed by atoms with van der Waals surface area (Å²) >= 11 is 0. The van der Waals surface area contributed by atoms with Crippen LogP contribution in [0.25, 0.3) is 0 Å². The largest absolute Gasteiger partial charge is 0.444 e. The van der Waals surface area contributed by atoms with Gasteiger partial charge in [0.2, 0.25) is 0 Å². The van der Waals surface area contributed by atoms with E-state index in [9.17, 15) is 9.59 Å². The molecule has 104 valence electrons. The molecular weight excluding hydrogens is 230 g/mol. The Morgan fingerprint density at radius 2 is 1.72 bits per heavy atom. The van der Waals surface area contributed by atoms with E-state index in [1.807, 2.05) is 34.6 Å². The number of ketones is 1. The van der Waals surface area contributed by atoms with Gasteiger partial charge in [0.1, 0.15) is 11.4 Å². The molecule has 0 spiro atoms. The summed E-state index contributed by atoms with van der Waals surface area (Å²) in [5.41, 5.74) is -1.02. The van der Waals surface area contributed by atoms with E-state index in [2.05, 4.69) is 5.32 Å². The highest BCUT2D eigenvalue weighted by Crippen LogP contribution is 2.35. The van der Waals surface area contributed by atoms with Crippen molar-refractivity contribution in [2.45, 2.75) is 59.5 Å². The summed E-state index contributed by atoms with van der Waals surface area (Å²) in [7, 11) is 0.